The molecule has 64 valence electrons. The van der Waals surface area contributed by atoms with Gasteiger partial charge in [0.15, 0.2) is 5.66 Å². The molecule has 0 aromatic heterocycles. The average molecular weight is 262 g/mol. The summed E-state index contributed by atoms with van der Waals surface area (Å²) < 4.78 is 0. The summed E-state index contributed by atoms with van der Waals surface area (Å²) in [5.74, 6) is -0.125. The summed E-state index contributed by atoms with van der Waals surface area (Å²) >= 11 is 0. The van der Waals surface area contributed by atoms with Gasteiger partial charge >= 0.3 is 0 Å². The number of rotatable bonds is 2. The van der Waals surface area contributed by atoms with E-state index >= 15 is 0 Å². The first-order valence-corrected chi connectivity index (χ1v) is 2.99. The van der Waals surface area contributed by atoms with Crippen molar-refractivity contribution in [3.63, 3.8) is 0 Å². The normalized spacial score (nSPS) is 6.00. The maximum atomic E-state index is 10.0. The molecule has 0 bridgehead atoms. The summed E-state index contributed by atoms with van der Waals surface area (Å²) in [6.07, 6.45) is 0.0833. The van der Waals surface area contributed by atoms with Crippen molar-refractivity contribution in [3.8, 4) is 0 Å². The molecule has 0 heterocycles. The second-order valence-corrected chi connectivity index (χ2v) is 1.85. The molecule has 11 heavy (non-hydrogen) atoms. The molecule has 0 N–H and O–H groups in total. The van der Waals surface area contributed by atoms with Crippen molar-refractivity contribution in [2.24, 2.45) is 0 Å². The van der Waals surface area contributed by atoms with E-state index in [9.17, 15) is 9.59 Å². The van der Waals surface area contributed by atoms with Gasteiger partial charge in [-0.1, -0.05) is 0 Å². The summed E-state index contributed by atoms with van der Waals surface area (Å²) in [5, 5.41) is 0. The monoisotopic (exact) mass is 262 g/mol. The minimum atomic E-state index is -0.0625. The van der Waals surface area contributed by atoms with Gasteiger partial charge in [0, 0.05) is 19.5 Å². The van der Waals surface area contributed by atoms with Crippen LogP contribution in [0.4, 0.5) is 0 Å². The molecule has 0 spiro atoms. The van der Waals surface area contributed by atoms with Crippen LogP contribution in [0.15, 0.2) is 0 Å². The minimum absolute atomic E-state index is 0. The van der Waals surface area contributed by atoms with E-state index in [1.54, 1.807) is 0 Å². The molecule has 0 saturated carbocycles. The Hall–Kier alpha value is -0.157. The van der Waals surface area contributed by atoms with E-state index < -0.39 is 0 Å². The van der Waals surface area contributed by atoms with Crippen LogP contribution in [0.1, 0.15) is 20.3 Å². The van der Waals surface area contributed by atoms with Crippen LogP contribution in [0.25, 0.3) is 0 Å². The van der Waals surface area contributed by atoms with Crippen molar-refractivity contribution in [1.82, 2.24) is 0 Å². The zero-order valence-corrected chi connectivity index (χ0v) is 8.75. The van der Waals surface area contributed by atoms with Crippen molar-refractivity contribution in [2.75, 3.05) is 0 Å². The maximum Gasteiger partial charge on any atom is 0.160 e. The molecule has 0 unspecified atom stereocenters. The quantitative estimate of drug-likeness (QED) is 0.424. The van der Waals surface area contributed by atoms with Gasteiger partial charge in [-0.3, -0.25) is 9.59 Å². The molecule has 0 rings (SSSR count). The molecule has 0 saturated heterocycles. The van der Waals surface area contributed by atoms with Crippen LogP contribution in [0.3, 0.4) is 0 Å². The topological polar surface area (TPSA) is 51.2 Å². The Labute approximate surface area is 80.5 Å². The second kappa shape index (κ2) is 12.5. The molecule has 0 fully saturated rings. The van der Waals surface area contributed by atoms with Crippen LogP contribution in [0.5, 0.6) is 0 Å². The van der Waals surface area contributed by atoms with E-state index in [1.165, 1.54) is 19.5 Å². The fraction of sp³-hybridized carbons (Fsp3) is 0.500. The first kappa shape index (κ1) is 17.1. The third kappa shape index (κ3) is 41.0. The Balaban J connectivity index is -0.000000140. The summed E-state index contributed by atoms with van der Waals surface area (Å²) in [7, 11) is 2.98. The Bertz CT molecular complexity index is 149. The number of hydrogen-bond acceptors (Lipinski definition) is 3. The first-order chi connectivity index (χ1) is 4.54. The fourth-order valence-corrected chi connectivity index (χ4v) is 0.351. The third-order valence-corrected chi connectivity index (χ3v) is 0.498. The number of carbonyl (C=O) groups is 2. The Morgan fingerprint density at radius 2 is 1.45 bits per heavy atom. The van der Waals surface area contributed by atoms with Crippen molar-refractivity contribution in [3.05, 3.63) is 0 Å². The molecule has 0 aliphatic heterocycles. The van der Waals surface area contributed by atoms with Crippen LogP contribution < -0.4 is 0 Å². The van der Waals surface area contributed by atoms with Crippen LogP contribution in [0, 0.1) is 0 Å². The van der Waals surface area contributed by atoms with E-state index in [2.05, 4.69) is 8.86 Å². The number of hydrogen-bond donors (Lipinski definition) is 0. The summed E-state index contributed by atoms with van der Waals surface area (Å²) in [6.45, 7) is 2.81. The Morgan fingerprint density at radius 1 is 1.27 bits per heavy atom. The van der Waals surface area contributed by atoms with Crippen LogP contribution >= 0.6 is 8.86 Å². The molecule has 0 aromatic carbocycles. The van der Waals surface area contributed by atoms with Crippen LogP contribution in [-0.4, -0.2) is 17.2 Å². The van der Waals surface area contributed by atoms with Gasteiger partial charge in [-0.05, 0) is 13.8 Å². The van der Waals surface area contributed by atoms with Gasteiger partial charge in [0.25, 0.3) is 0 Å². The molecule has 5 heteroatoms. The van der Waals surface area contributed by atoms with Gasteiger partial charge in [0.05, 0.1) is 15.3 Å². The molecular weight excluding hydrogens is 254 g/mol. The zero-order valence-electron chi connectivity index (χ0n) is 6.21. The predicted octanol–water partition coefficient (Wildman–Crippen LogP) is 1.02. The maximum absolute atomic E-state index is 10.0. The van der Waals surface area contributed by atoms with Gasteiger partial charge in [-0.25, -0.2) is 4.79 Å². The molecule has 2 radical (unpaired) electrons. The van der Waals surface area contributed by atoms with Crippen molar-refractivity contribution in [2.45, 2.75) is 20.3 Å². The van der Waals surface area contributed by atoms with E-state index in [0.717, 1.165) is 0 Å². The number of carbonyl (C=O) groups excluding carboxylic acids is 3. The van der Waals surface area contributed by atoms with Crippen LogP contribution in [0.2, 0.25) is 0 Å². The van der Waals surface area contributed by atoms with Crippen LogP contribution in [-0.2, 0) is 33.9 Å². The summed E-state index contributed by atoms with van der Waals surface area (Å²) in [6, 6.07) is 0. The SMILES string of the molecule is CC(=O)CC(C)=O.O=C=[P].[Rh]. The van der Waals surface area contributed by atoms with Crippen molar-refractivity contribution < 1.29 is 33.9 Å². The first-order valence-electron chi connectivity index (χ1n) is 2.54. The predicted molar refractivity (Wildman–Crippen MR) is 38.6 cm³/mol. The summed E-state index contributed by atoms with van der Waals surface area (Å²) in [4.78, 5) is 28.6. The van der Waals surface area contributed by atoms with Gasteiger partial charge < -0.3 is 0 Å². The van der Waals surface area contributed by atoms with E-state index in [1.807, 2.05) is 0 Å². The van der Waals surface area contributed by atoms with E-state index in [4.69, 9.17) is 4.79 Å². The number of ketones is 2. The van der Waals surface area contributed by atoms with Gasteiger partial charge in [-0.15, -0.1) is 0 Å². The summed E-state index contributed by atoms with van der Waals surface area (Å²) in [5.41, 5.74) is 1.19. The van der Waals surface area contributed by atoms with Gasteiger partial charge in [0.1, 0.15) is 11.6 Å². The standard InChI is InChI=1S/C5H8O2.COP.Rh/c1-4(6)3-5(2)7;2-1-3;/h3H2,1-2H3;;. The minimum Gasteiger partial charge on any atom is -0.300 e. The smallest absolute Gasteiger partial charge is 0.160 e. The molecule has 0 aromatic rings. The van der Waals surface area contributed by atoms with E-state index in [-0.39, 0.29) is 37.5 Å². The average Bonchev–Trinajstić information content (AvgIpc) is 1.62. The molecule has 0 atom stereocenters. The molecule has 0 aliphatic rings. The Morgan fingerprint density at radius 3 is 1.45 bits per heavy atom. The van der Waals surface area contributed by atoms with E-state index in [0.29, 0.717) is 0 Å². The van der Waals surface area contributed by atoms with Crippen molar-refractivity contribution >= 4 is 26.1 Å². The molecule has 3 nitrogen and oxygen atoms in total. The molecule has 0 amide bonds. The van der Waals surface area contributed by atoms with Crippen molar-refractivity contribution in [1.29, 1.82) is 0 Å². The third-order valence-electron chi connectivity index (χ3n) is 0.498. The second-order valence-electron chi connectivity index (χ2n) is 1.67. The molecular formula is C6H8O3PRh. The molecule has 0 aliphatic carbocycles. The number of Topliss-reactive ketones (excluding diaryl/α,β-unsaturated/α-hetero) is 2. The largest absolute Gasteiger partial charge is 0.300 e. The fourth-order valence-electron chi connectivity index (χ4n) is 0.351. The zero-order chi connectivity index (χ0) is 8.57. The Kier molecular flexibility index (Phi) is 19.4. The van der Waals surface area contributed by atoms with Gasteiger partial charge in [0.2, 0.25) is 0 Å². The van der Waals surface area contributed by atoms with Gasteiger partial charge in [-0.2, -0.15) is 0 Å².